The van der Waals surface area contributed by atoms with Crippen LogP contribution in [0.15, 0.2) is 30.5 Å². The fourth-order valence-corrected chi connectivity index (χ4v) is 3.46. The predicted molar refractivity (Wildman–Crippen MR) is 99.2 cm³/mol. The number of hydrogen-bond donors (Lipinski definition) is 1. The van der Waals surface area contributed by atoms with Gasteiger partial charge in [-0.15, -0.1) is 0 Å². The molecule has 0 spiro atoms. The summed E-state index contributed by atoms with van der Waals surface area (Å²) in [4.78, 5) is 18.0. The zero-order valence-electron chi connectivity index (χ0n) is 14.4. The first kappa shape index (κ1) is 20.7. The van der Waals surface area contributed by atoms with E-state index in [4.69, 9.17) is 23.2 Å². The van der Waals surface area contributed by atoms with E-state index in [1.54, 1.807) is 4.90 Å². The number of piperidine rings is 1. The van der Waals surface area contributed by atoms with Crippen molar-refractivity contribution in [2.24, 2.45) is 5.92 Å². The molecule has 0 atom stereocenters. The molecule has 0 bridgehead atoms. The molecule has 1 aliphatic rings. The average Bonchev–Trinajstić information content (AvgIpc) is 2.64. The second-order valence-electron chi connectivity index (χ2n) is 6.40. The summed E-state index contributed by atoms with van der Waals surface area (Å²) in [7, 11) is 0. The van der Waals surface area contributed by atoms with Gasteiger partial charge < -0.3 is 10.2 Å². The summed E-state index contributed by atoms with van der Waals surface area (Å²) in [6.45, 7) is 0.766. The second kappa shape index (κ2) is 8.13. The molecule has 3 rings (SSSR count). The highest BCUT2D eigenvalue weighted by molar-refractivity contribution is 6.33. The summed E-state index contributed by atoms with van der Waals surface area (Å²) in [5.41, 5.74) is -0.911. The molecular formula is C18H15Cl2F4N3O. The average molecular weight is 436 g/mol. The first-order valence-corrected chi connectivity index (χ1v) is 9.14. The minimum absolute atomic E-state index is 0.00683. The van der Waals surface area contributed by atoms with Gasteiger partial charge in [-0.05, 0) is 37.1 Å². The van der Waals surface area contributed by atoms with Gasteiger partial charge in [0.15, 0.2) is 0 Å². The zero-order valence-corrected chi connectivity index (χ0v) is 15.9. The van der Waals surface area contributed by atoms with Crippen molar-refractivity contribution < 1.29 is 22.4 Å². The number of nitrogens with zero attached hydrogens (tertiary/aromatic N) is 2. The summed E-state index contributed by atoms with van der Waals surface area (Å²) < 4.78 is 51.9. The van der Waals surface area contributed by atoms with Crippen molar-refractivity contribution in [3.63, 3.8) is 0 Å². The maximum absolute atomic E-state index is 13.8. The molecule has 1 N–H and O–H groups in total. The van der Waals surface area contributed by atoms with Crippen molar-refractivity contribution in [2.45, 2.75) is 19.0 Å². The Kier molecular flexibility index (Phi) is 6.00. The third-order valence-corrected chi connectivity index (χ3v) is 5.01. The number of rotatable bonds is 3. The second-order valence-corrected chi connectivity index (χ2v) is 7.25. The predicted octanol–water partition coefficient (Wildman–Crippen LogP) is 5.40. The van der Waals surface area contributed by atoms with Crippen molar-refractivity contribution in [1.29, 1.82) is 0 Å². The summed E-state index contributed by atoms with van der Waals surface area (Å²) in [5, 5.41) is 2.73. The number of carbonyl (C=O) groups is 1. The van der Waals surface area contributed by atoms with Gasteiger partial charge in [-0.3, -0.25) is 4.79 Å². The lowest BCUT2D eigenvalue weighted by Crippen LogP contribution is -2.38. The third-order valence-electron chi connectivity index (χ3n) is 4.50. The molecule has 1 aromatic heterocycles. The molecule has 0 saturated carbocycles. The number of halogens is 6. The molecule has 150 valence electrons. The first-order chi connectivity index (χ1) is 13.1. The van der Waals surface area contributed by atoms with Crippen LogP contribution in [-0.2, 0) is 11.0 Å². The minimum Gasteiger partial charge on any atom is -0.355 e. The summed E-state index contributed by atoms with van der Waals surface area (Å²) in [6.07, 6.45) is -2.93. The molecule has 0 aliphatic carbocycles. The molecule has 1 saturated heterocycles. The molecule has 4 nitrogen and oxygen atoms in total. The van der Waals surface area contributed by atoms with Crippen LogP contribution in [0.3, 0.4) is 0 Å². The Hall–Kier alpha value is -2.06. The Morgan fingerprint density at radius 1 is 1.18 bits per heavy atom. The van der Waals surface area contributed by atoms with Crippen LogP contribution in [0.2, 0.25) is 10.0 Å². The molecule has 1 aliphatic heterocycles. The Balaban J connectivity index is 1.63. The third kappa shape index (κ3) is 4.67. The van der Waals surface area contributed by atoms with Gasteiger partial charge in [-0.25, -0.2) is 9.37 Å². The van der Waals surface area contributed by atoms with E-state index in [0.29, 0.717) is 31.0 Å². The standard InChI is InChI=1S/C18H15Cl2F4N3O/c19-12-1-2-14(21)15(8-12)26-17(28)10-3-5-27(6-4-10)16-13(20)7-11(9-25-16)18(22,23)24/h1-2,7-10H,3-6H2,(H,26,28). The lowest BCUT2D eigenvalue weighted by atomic mass is 9.95. The van der Waals surface area contributed by atoms with Crippen LogP contribution in [-0.4, -0.2) is 24.0 Å². The maximum Gasteiger partial charge on any atom is 0.417 e. The van der Waals surface area contributed by atoms with Crippen molar-refractivity contribution in [3.05, 3.63) is 51.9 Å². The first-order valence-electron chi connectivity index (χ1n) is 8.39. The maximum atomic E-state index is 13.8. The molecule has 0 radical (unpaired) electrons. The molecule has 1 aromatic carbocycles. The molecule has 0 unspecified atom stereocenters. The number of alkyl halides is 3. The lowest BCUT2D eigenvalue weighted by Gasteiger charge is -2.32. The van der Waals surface area contributed by atoms with Gasteiger partial charge in [0.2, 0.25) is 5.91 Å². The summed E-state index contributed by atoms with van der Waals surface area (Å²) in [6, 6.07) is 4.71. The summed E-state index contributed by atoms with van der Waals surface area (Å²) in [5.74, 6) is -1.06. The van der Waals surface area contributed by atoms with Gasteiger partial charge in [-0.2, -0.15) is 13.2 Å². The fourth-order valence-electron chi connectivity index (χ4n) is 3.00. The number of amides is 1. The lowest BCUT2D eigenvalue weighted by molar-refractivity contribution is -0.137. The Morgan fingerprint density at radius 2 is 1.86 bits per heavy atom. The van der Waals surface area contributed by atoms with Gasteiger partial charge in [0.05, 0.1) is 16.3 Å². The molecule has 2 aromatic rings. The van der Waals surface area contributed by atoms with E-state index >= 15 is 0 Å². The van der Waals surface area contributed by atoms with Gasteiger partial charge in [0.25, 0.3) is 0 Å². The fraction of sp³-hybridized carbons (Fsp3) is 0.333. The number of hydrogen-bond acceptors (Lipinski definition) is 3. The van der Waals surface area contributed by atoms with Crippen LogP contribution < -0.4 is 10.2 Å². The normalized spacial score (nSPS) is 15.6. The van der Waals surface area contributed by atoms with Crippen LogP contribution in [0.5, 0.6) is 0 Å². The van der Waals surface area contributed by atoms with Crippen LogP contribution in [0.25, 0.3) is 0 Å². The monoisotopic (exact) mass is 435 g/mol. The van der Waals surface area contributed by atoms with Crippen molar-refractivity contribution in [1.82, 2.24) is 4.98 Å². The SMILES string of the molecule is O=C(Nc1cc(Cl)ccc1F)C1CCN(c2ncc(C(F)(F)F)cc2Cl)CC1. The van der Waals surface area contributed by atoms with E-state index in [1.807, 2.05) is 0 Å². The number of aromatic nitrogens is 1. The molecule has 28 heavy (non-hydrogen) atoms. The van der Waals surface area contributed by atoms with E-state index in [9.17, 15) is 22.4 Å². The van der Waals surface area contributed by atoms with Crippen molar-refractivity contribution in [2.75, 3.05) is 23.3 Å². The van der Waals surface area contributed by atoms with E-state index in [2.05, 4.69) is 10.3 Å². The highest BCUT2D eigenvalue weighted by Gasteiger charge is 2.33. The molecular weight excluding hydrogens is 421 g/mol. The van der Waals surface area contributed by atoms with Crippen LogP contribution >= 0.6 is 23.2 Å². The van der Waals surface area contributed by atoms with Gasteiger partial charge in [0, 0.05) is 30.2 Å². The van der Waals surface area contributed by atoms with Crippen molar-refractivity contribution in [3.8, 4) is 0 Å². The highest BCUT2D eigenvalue weighted by Crippen LogP contribution is 2.34. The highest BCUT2D eigenvalue weighted by atomic mass is 35.5. The number of nitrogens with one attached hydrogen (secondary N) is 1. The topological polar surface area (TPSA) is 45.2 Å². The number of anilines is 2. The molecule has 1 fully saturated rings. The van der Waals surface area contributed by atoms with E-state index in [1.165, 1.54) is 18.2 Å². The quantitative estimate of drug-likeness (QED) is 0.656. The minimum atomic E-state index is -4.52. The number of benzene rings is 1. The van der Waals surface area contributed by atoms with Crippen LogP contribution in [0, 0.1) is 11.7 Å². The number of carbonyl (C=O) groups excluding carboxylic acids is 1. The van der Waals surface area contributed by atoms with Gasteiger partial charge >= 0.3 is 6.18 Å². The summed E-state index contributed by atoms with van der Waals surface area (Å²) >= 11 is 11.8. The molecule has 1 amide bonds. The van der Waals surface area contributed by atoms with E-state index < -0.39 is 17.6 Å². The number of pyridine rings is 1. The van der Waals surface area contributed by atoms with E-state index in [-0.39, 0.29) is 28.4 Å². The Bertz CT molecular complexity index is 884. The Morgan fingerprint density at radius 3 is 2.46 bits per heavy atom. The smallest absolute Gasteiger partial charge is 0.355 e. The Labute approximate surface area is 168 Å². The zero-order chi connectivity index (χ0) is 20.5. The molecule has 10 heteroatoms. The molecule has 2 heterocycles. The van der Waals surface area contributed by atoms with Gasteiger partial charge in [-0.1, -0.05) is 23.2 Å². The van der Waals surface area contributed by atoms with Gasteiger partial charge in [0.1, 0.15) is 11.6 Å². The van der Waals surface area contributed by atoms with Crippen LogP contribution in [0.4, 0.5) is 29.1 Å². The van der Waals surface area contributed by atoms with E-state index in [0.717, 1.165) is 12.3 Å². The largest absolute Gasteiger partial charge is 0.417 e. The van der Waals surface area contributed by atoms with Crippen LogP contribution in [0.1, 0.15) is 18.4 Å². The van der Waals surface area contributed by atoms with Crippen molar-refractivity contribution >= 4 is 40.6 Å².